The van der Waals surface area contributed by atoms with E-state index in [1.54, 1.807) is 6.07 Å². The molecule has 0 aliphatic rings. The molecule has 1 aromatic rings. The van der Waals surface area contributed by atoms with Gasteiger partial charge in [0.15, 0.2) is 0 Å². The van der Waals surface area contributed by atoms with E-state index < -0.39 is 20.1 Å². The second-order valence-corrected chi connectivity index (χ2v) is 9.73. The summed E-state index contributed by atoms with van der Waals surface area (Å²) in [5, 5.41) is 0. The van der Waals surface area contributed by atoms with E-state index in [1.165, 1.54) is 0 Å². The Bertz CT molecular complexity index is 385. The van der Waals surface area contributed by atoms with Crippen LogP contribution in [0, 0.1) is 0 Å². The van der Waals surface area contributed by atoms with Crippen molar-refractivity contribution in [1.82, 2.24) is 0 Å². The molecule has 0 aliphatic carbocycles. The van der Waals surface area contributed by atoms with E-state index in [4.69, 9.17) is 4.43 Å². The first kappa shape index (κ1) is 13.6. The van der Waals surface area contributed by atoms with Gasteiger partial charge in [-0.05, 0) is 37.8 Å². The molecular formula is C10H12BrF3OSi. The molecule has 0 radical (unpaired) electrons. The maximum atomic E-state index is 12.5. The van der Waals surface area contributed by atoms with E-state index in [2.05, 4.69) is 15.9 Å². The summed E-state index contributed by atoms with van der Waals surface area (Å²) in [7, 11) is -1.89. The van der Waals surface area contributed by atoms with Crippen molar-refractivity contribution < 1.29 is 17.6 Å². The Balaban J connectivity index is 3.09. The molecular weight excluding hydrogens is 301 g/mol. The van der Waals surface area contributed by atoms with E-state index in [9.17, 15) is 13.2 Å². The summed E-state index contributed by atoms with van der Waals surface area (Å²) in [5.41, 5.74) is -0.699. The highest BCUT2D eigenvalue weighted by molar-refractivity contribution is 9.10. The van der Waals surface area contributed by atoms with E-state index >= 15 is 0 Å². The average molecular weight is 313 g/mol. The third kappa shape index (κ3) is 4.17. The van der Waals surface area contributed by atoms with Crippen LogP contribution in [0.1, 0.15) is 5.56 Å². The van der Waals surface area contributed by atoms with Gasteiger partial charge in [-0.15, -0.1) is 0 Å². The van der Waals surface area contributed by atoms with Crippen LogP contribution in [0.2, 0.25) is 19.6 Å². The second-order valence-electron chi connectivity index (χ2n) is 4.39. The summed E-state index contributed by atoms with van der Waals surface area (Å²) in [6, 6.07) is 3.62. The fourth-order valence-corrected chi connectivity index (χ4v) is 2.44. The summed E-state index contributed by atoms with van der Waals surface area (Å²) in [6.07, 6.45) is -4.35. The molecule has 0 atom stereocenters. The summed E-state index contributed by atoms with van der Waals surface area (Å²) >= 11 is 3.05. The van der Waals surface area contributed by atoms with Gasteiger partial charge in [0, 0.05) is 4.47 Å². The lowest BCUT2D eigenvalue weighted by atomic mass is 10.2. The molecule has 0 spiro atoms. The first-order valence-electron chi connectivity index (χ1n) is 4.65. The van der Waals surface area contributed by atoms with Crippen molar-refractivity contribution in [2.24, 2.45) is 0 Å². The first-order valence-corrected chi connectivity index (χ1v) is 8.85. The van der Waals surface area contributed by atoms with Gasteiger partial charge >= 0.3 is 6.18 Å². The maximum Gasteiger partial charge on any atom is 0.416 e. The third-order valence-electron chi connectivity index (χ3n) is 1.62. The zero-order chi connectivity index (χ0) is 12.6. The largest absolute Gasteiger partial charge is 0.544 e. The number of rotatable bonds is 2. The Morgan fingerprint density at radius 3 is 2.12 bits per heavy atom. The Labute approximate surface area is 102 Å². The predicted octanol–water partition coefficient (Wildman–Crippen LogP) is 4.68. The minimum Gasteiger partial charge on any atom is -0.544 e. The van der Waals surface area contributed by atoms with Gasteiger partial charge < -0.3 is 4.43 Å². The number of halogens is 4. The van der Waals surface area contributed by atoms with Gasteiger partial charge in [-0.3, -0.25) is 0 Å². The summed E-state index contributed by atoms with van der Waals surface area (Å²) in [6.45, 7) is 5.75. The van der Waals surface area contributed by atoms with Crippen molar-refractivity contribution in [3.8, 4) is 5.75 Å². The number of hydrogen-bond acceptors (Lipinski definition) is 1. The van der Waals surface area contributed by atoms with Crippen molar-refractivity contribution >= 4 is 24.2 Å². The number of benzene rings is 1. The molecule has 0 unspecified atom stereocenters. The van der Waals surface area contributed by atoms with Crippen LogP contribution in [0.15, 0.2) is 22.7 Å². The third-order valence-corrected chi connectivity index (χ3v) is 2.93. The van der Waals surface area contributed by atoms with Crippen molar-refractivity contribution in [2.75, 3.05) is 0 Å². The molecule has 0 amide bonds. The quantitative estimate of drug-likeness (QED) is 0.720. The summed E-state index contributed by atoms with van der Waals surface area (Å²) in [4.78, 5) is 0. The van der Waals surface area contributed by atoms with E-state index in [0.29, 0.717) is 4.47 Å². The average Bonchev–Trinajstić information content (AvgIpc) is 1.97. The summed E-state index contributed by atoms with van der Waals surface area (Å²) in [5.74, 6) is 0.265. The highest BCUT2D eigenvalue weighted by Crippen LogP contribution is 2.34. The van der Waals surface area contributed by atoms with Crippen LogP contribution < -0.4 is 4.43 Å². The Kier molecular flexibility index (Phi) is 3.74. The number of alkyl halides is 3. The monoisotopic (exact) mass is 312 g/mol. The Morgan fingerprint density at radius 2 is 1.69 bits per heavy atom. The van der Waals surface area contributed by atoms with Gasteiger partial charge in [0.25, 0.3) is 0 Å². The fraction of sp³-hybridized carbons (Fsp3) is 0.400. The molecule has 90 valence electrons. The van der Waals surface area contributed by atoms with E-state index in [1.807, 2.05) is 19.6 Å². The molecule has 1 nitrogen and oxygen atoms in total. The van der Waals surface area contributed by atoms with Crippen LogP contribution in [0.3, 0.4) is 0 Å². The lowest BCUT2D eigenvalue weighted by molar-refractivity contribution is -0.137. The van der Waals surface area contributed by atoms with Crippen LogP contribution >= 0.6 is 15.9 Å². The van der Waals surface area contributed by atoms with Crippen molar-refractivity contribution in [3.05, 3.63) is 28.2 Å². The Morgan fingerprint density at radius 1 is 1.12 bits per heavy atom. The lowest BCUT2D eigenvalue weighted by Gasteiger charge is -2.20. The maximum absolute atomic E-state index is 12.5. The molecule has 0 N–H and O–H groups in total. The second kappa shape index (κ2) is 4.41. The molecule has 0 aromatic heterocycles. The van der Waals surface area contributed by atoms with Crippen molar-refractivity contribution in [3.63, 3.8) is 0 Å². The predicted molar refractivity (Wildman–Crippen MR) is 63.1 cm³/mol. The van der Waals surface area contributed by atoms with Gasteiger partial charge in [-0.2, -0.15) is 13.2 Å². The molecule has 0 bridgehead atoms. The molecule has 0 saturated heterocycles. The van der Waals surface area contributed by atoms with Crippen LogP contribution in [0.4, 0.5) is 13.2 Å². The molecule has 16 heavy (non-hydrogen) atoms. The minimum absolute atomic E-state index is 0.265. The Hall–Kier alpha value is -0.493. The van der Waals surface area contributed by atoms with Crippen LogP contribution in [0.25, 0.3) is 0 Å². The van der Waals surface area contributed by atoms with E-state index in [0.717, 1.165) is 12.1 Å². The normalized spacial score (nSPS) is 12.7. The van der Waals surface area contributed by atoms with Gasteiger partial charge in [0.2, 0.25) is 8.32 Å². The minimum atomic E-state index is -4.35. The number of hydrogen-bond donors (Lipinski definition) is 0. The molecule has 0 heterocycles. The molecule has 0 aliphatic heterocycles. The summed E-state index contributed by atoms with van der Waals surface area (Å²) < 4.78 is 43.4. The standard InChI is InChI=1S/C10H12BrF3OSi/c1-16(2,3)15-9-5-7(10(12,13)14)4-8(11)6-9/h4-6H,1-3H3. The topological polar surface area (TPSA) is 9.23 Å². The van der Waals surface area contributed by atoms with Crippen molar-refractivity contribution in [2.45, 2.75) is 25.8 Å². The van der Waals surface area contributed by atoms with Crippen LogP contribution in [0.5, 0.6) is 5.75 Å². The zero-order valence-electron chi connectivity index (χ0n) is 9.15. The first-order chi connectivity index (χ1) is 7.08. The molecule has 6 heteroatoms. The SMILES string of the molecule is C[Si](C)(C)Oc1cc(Br)cc(C(F)(F)F)c1. The van der Waals surface area contributed by atoms with Crippen LogP contribution in [-0.2, 0) is 6.18 Å². The van der Waals surface area contributed by atoms with Gasteiger partial charge in [-0.25, -0.2) is 0 Å². The highest BCUT2D eigenvalue weighted by Gasteiger charge is 2.31. The van der Waals surface area contributed by atoms with Gasteiger partial charge in [-0.1, -0.05) is 15.9 Å². The molecule has 0 fully saturated rings. The smallest absolute Gasteiger partial charge is 0.416 e. The van der Waals surface area contributed by atoms with Crippen molar-refractivity contribution in [1.29, 1.82) is 0 Å². The van der Waals surface area contributed by atoms with Crippen LogP contribution in [-0.4, -0.2) is 8.32 Å². The van der Waals surface area contributed by atoms with Gasteiger partial charge in [0.1, 0.15) is 5.75 Å². The fourth-order valence-electron chi connectivity index (χ4n) is 1.14. The lowest BCUT2D eigenvalue weighted by Crippen LogP contribution is -2.29. The molecule has 1 aromatic carbocycles. The zero-order valence-corrected chi connectivity index (χ0v) is 11.7. The van der Waals surface area contributed by atoms with E-state index in [-0.39, 0.29) is 5.75 Å². The van der Waals surface area contributed by atoms with Gasteiger partial charge in [0.05, 0.1) is 5.56 Å². The highest BCUT2D eigenvalue weighted by atomic mass is 79.9. The molecule has 1 rings (SSSR count). The molecule has 0 saturated carbocycles.